The van der Waals surface area contributed by atoms with E-state index in [9.17, 15) is 24.1 Å². The lowest BCUT2D eigenvalue weighted by molar-refractivity contribution is -0.384. The second-order valence-electron chi connectivity index (χ2n) is 7.16. The first-order valence-electron chi connectivity index (χ1n) is 9.58. The molecule has 2 N–H and O–H groups in total. The Balaban J connectivity index is 1.74. The monoisotopic (exact) mass is 464 g/mol. The fraction of sp³-hybridized carbons (Fsp3) is 0.350. The van der Waals surface area contributed by atoms with Crippen LogP contribution >= 0.6 is 23.1 Å². The molecule has 0 fully saturated rings. The van der Waals surface area contributed by atoms with E-state index in [4.69, 9.17) is 0 Å². The molecule has 0 saturated heterocycles. The van der Waals surface area contributed by atoms with Gasteiger partial charge in [0.15, 0.2) is 5.16 Å². The number of halogens is 1. The van der Waals surface area contributed by atoms with Gasteiger partial charge in [0, 0.05) is 17.0 Å². The van der Waals surface area contributed by atoms with Gasteiger partial charge in [-0.2, -0.15) is 0 Å². The van der Waals surface area contributed by atoms with Crippen molar-refractivity contribution >= 4 is 50.6 Å². The molecule has 0 radical (unpaired) electrons. The maximum Gasteiger partial charge on any atom is 0.271 e. The molecule has 0 saturated carbocycles. The van der Waals surface area contributed by atoms with Gasteiger partial charge in [-0.1, -0.05) is 32.0 Å². The highest BCUT2D eigenvalue weighted by Gasteiger charge is 2.18. The number of rotatable bonds is 8. The van der Waals surface area contributed by atoms with E-state index in [1.54, 1.807) is 0 Å². The van der Waals surface area contributed by atoms with Crippen molar-refractivity contribution < 1.29 is 14.1 Å². The molecule has 0 aliphatic rings. The molecule has 164 valence electrons. The highest BCUT2D eigenvalue weighted by molar-refractivity contribution is 7.99. The lowest BCUT2D eigenvalue weighted by Crippen LogP contribution is -2.16. The Labute approximate surface area is 185 Å². The number of aryl methyl sites for hydroxylation is 1. The van der Waals surface area contributed by atoms with Crippen molar-refractivity contribution in [2.24, 2.45) is 5.92 Å². The molecule has 31 heavy (non-hydrogen) atoms. The van der Waals surface area contributed by atoms with Crippen molar-refractivity contribution in [1.29, 1.82) is 0 Å². The summed E-state index contributed by atoms with van der Waals surface area (Å²) >= 11 is 2.44. The van der Waals surface area contributed by atoms with Crippen molar-refractivity contribution in [2.45, 2.75) is 38.8 Å². The van der Waals surface area contributed by atoms with E-state index in [1.165, 1.54) is 11.3 Å². The standard InChI is InChI=1S/C20H21FN4O4S2/c1-4-10(2)7-13-11(3)31-19-17(13)18(27)23-20(24-19)30-9-16(26)22-15-8-12(25(28)29)5-6-14(15)21/h5-6,8,10H,4,7,9H2,1-3H3,(H,22,26)(H,23,24,27). The normalized spacial score (nSPS) is 12.1. The van der Waals surface area contributed by atoms with Gasteiger partial charge in [-0.25, -0.2) is 9.37 Å². The number of benzene rings is 1. The fourth-order valence-electron chi connectivity index (χ4n) is 3.01. The molecule has 2 aromatic heterocycles. The Bertz CT molecular complexity index is 1210. The number of aromatic nitrogens is 2. The smallest absolute Gasteiger partial charge is 0.271 e. The molecule has 0 bridgehead atoms. The molecule has 11 heteroatoms. The van der Waals surface area contributed by atoms with Gasteiger partial charge < -0.3 is 10.3 Å². The van der Waals surface area contributed by atoms with Gasteiger partial charge in [0.05, 0.1) is 21.7 Å². The predicted molar refractivity (Wildman–Crippen MR) is 121 cm³/mol. The number of amides is 1. The van der Waals surface area contributed by atoms with Crippen LogP contribution in [-0.4, -0.2) is 26.6 Å². The predicted octanol–water partition coefficient (Wildman–Crippen LogP) is 4.66. The number of anilines is 1. The second-order valence-corrected chi connectivity index (χ2v) is 9.33. The average molecular weight is 465 g/mol. The number of carbonyl (C=O) groups is 1. The second kappa shape index (κ2) is 9.56. The molecule has 1 unspecified atom stereocenters. The average Bonchev–Trinajstić information content (AvgIpc) is 3.03. The minimum absolute atomic E-state index is 0.152. The van der Waals surface area contributed by atoms with E-state index in [-0.39, 0.29) is 27.8 Å². The van der Waals surface area contributed by atoms with Crippen LogP contribution in [0.1, 0.15) is 30.7 Å². The molecule has 0 aliphatic heterocycles. The number of hydrogen-bond acceptors (Lipinski definition) is 7. The number of H-pyrrole nitrogens is 1. The molecule has 1 amide bonds. The number of thioether (sulfide) groups is 1. The largest absolute Gasteiger partial charge is 0.323 e. The zero-order valence-electron chi connectivity index (χ0n) is 17.2. The van der Waals surface area contributed by atoms with Crippen LogP contribution in [-0.2, 0) is 11.2 Å². The summed E-state index contributed by atoms with van der Waals surface area (Å²) in [5, 5.41) is 14.0. The molecule has 0 spiro atoms. The number of nitro groups is 1. The van der Waals surface area contributed by atoms with Crippen LogP contribution in [0.2, 0.25) is 0 Å². The summed E-state index contributed by atoms with van der Waals surface area (Å²) in [6, 6.07) is 2.89. The number of aromatic amines is 1. The first-order chi connectivity index (χ1) is 14.7. The van der Waals surface area contributed by atoms with Crippen LogP contribution in [0.15, 0.2) is 28.2 Å². The van der Waals surface area contributed by atoms with Gasteiger partial charge in [0.2, 0.25) is 5.91 Å². The van der Waals surface area contributed by atoms with E-state index >= 15 is 0 Å². The van der Waals surface area contributed by atoms with Gasteiger partial charge in [-0.15, -0.1) is 11.3 Å². The summed E-state index contributed by atoms with van der Waals surface area (Å²) in [6.45, 7) is 6.21. The molecule has 0 aliphatic carbocycles. The third kappa shape index (κ3) is 5.28. The lowest BCUT2D eigenvalue weighted by atomic mass is 9.98. The van der Waals surface area contributed by atoms with Crippen LogP contribution in [0.4, 0.5) is 15.8 Å². The van der Waals surface area contributed by atoms with E-state index in [0.717, 1.165) is 53.2 Å². The first kappa shape index (κ1) is 22.9. The summed E-state index contributed by atoms with van der Waals surface area (Å²) in [6.07, 6.45) is 1.81. The highest BCUT2D eigenvalue weighted by Crippen LogP contribution is 2.30. The quantitative estimate of drug-likeness (QED) is 0.217. The number of hydrogen-bond donors (Lipinski definition) is 2. The van der Waals surface area contributed by atoms with Crippen LogP contribution < -0.4 is 10.9 Å². The third-order valence-electron chi connectivity index (χ3n) is 4.87. The van der Waals surface area contributed by atoms with E-state index in [0.29, 0.717) is 16.1 Å². The Morgan fingerprint density at radius 2 is 2.19 bits per heavy atom. The zero-order valence-corrected chi connectivity index (χ0v) is 18.8. The fourth-order valence-corrected chi connectivity index (χ4v) is 4.78. The molecular weight excluding hydrogens is 443 g/mol. The van der Waals surface area contributed by atoms with Crippen LogP contribution in [0, 0.1) is 28.8 Å². The molecule has 3 aromatic rings. The summed E-state index contributed by atoms with van der Waals surface area (Å²) < 4.78 is 13.8. The number of fused-ring (bicyclic) bond motifs is 1. The number of thiophene rings is 1. The number of nitrogens with one attached hydrogen (secondary N) is 2. The van der Waals surface area contributed by atoms with E-state index in [1.807, 2.05) is 6.92 Å². The van der Waals surface area contributed by atoms with Crippen molar-refractivity contribution in [3.63, 3.8) is 0 Å². The van der Waals surface area contributed by atoms with Crippen LogP contribution in [0.3, 0.4) is 0 Å². The molecule has 1 aromatic carbocycles. The number of carbonyl (C=O) groups excluding carboxylic acids is 1. The molecule has 2 heterocycles. The van der Waals surface area contributed by atoms with Gasteiger partial charge in [-0.05, 0) is 30.9 Å². The minimum Gasteiger partial charge on any atom is -0.323 e. The van der Waals surface area contributed by atoms with Crippen LogP contribution in [0.25, 0.3) is 10.2 Å². The summed E-state index contributed by atoms with van der Waals surface area (Å²) in [4.78, 5) is 43.9. The number of non-ortho nitro benzene ring substituents is 1. The number of nitro benzene ring substituents is 1. The topological polar surface area (TPSA) is 118 Å². The van der Waals surface area contributed by atoms with Gasteiger partial charge in [-0.3, -0.25) is 19.7 Å². The van der Waals surface area contributed by atoms with E-state index in [2.05, 4.69) is 29.1 Å². The van der Waals surface area contributed by atoms with E-state index < -0.39 is 16.6 Å². The van der Waals surface area contributed by atoms with Gasteiger partial charge >= 0.3 is 0 Å². The maximum atomic E-state index is 13.8. The Morgan fingerprint density at radius 3 is 2.87 bits per heavy atom. The summed E-state index contributed by atoms with van der Waals surface area (Å²) in [5.74, 6) is -1.06. The summed E-state index contributed by atoms with van der Waals surface area (Å²) in [7, 11) is 0. The van der Waals surface area contributed by atoms with Crippen molar-refractivity contribution in [3.05, 3.63) is 54.9 Å². The highest BCUT2D eigenvalue weighted by atomic mass is 32.2. The SMILES string of the molecule is CCC(C)Cc1c(C)sc2nc(SCC(=O)Nc3cc([N+](=O)[O-])ccc3F)[nH]c(=O)c12. The zero-order chi connectivity index (χ0) is 22.7. The summed E-state index contributed by atoms with van der Waals surface area (Å²) in [5.41, 5.74) is 0.154. The molecular formula is C20H21FN4O4S2. The molecule has 1 atom stereocenters. The maximum absolute atomic E-state index is 13.8. The van der Waals surface area contributed by atoms with Crippen molar-refractivity contribution in [2.75, 3.05) is 11.1 Å². The Kier molecular flexibility index (Phi) is 7.06. The molecule has 8 nitrogen and oxygen atoms in total. The Morgan fingerprint density at radius 1 is 1.45 bits per heavy atom. The lowest BCUT2D eigenvalue weighted by Gasteiger charge is -2.08. The molecule has 3 rings (SSSR count). The first-order valence-corrected chi connectivity index (χ1v) is 11.4. The minimum atomic E-state index is -0.778. The van der Waals surface area contributed by atoms with Crippen molar-refractivity contribution in [3.8, 4) is 0 Å². The van der Waals surface area contributed by atoms with Gasteiger partial charge in [0.1, 0.15) is 10.6 Å². The Hall–Kier alpha value is -2.79. The third-order valence-corrected chi connectivity index (χ3v) is 6.78. The van der Waals surface area contributed by atoms with Crippen LogP contribution in [0.5, 0.6) is 0 Å². The van der Waals surface area contributed by atoms with Crippen molar-refractivity contribution in [1.82, 2.24) is 9.97 Å². The van der Waals surface area contributed by atoms with Gasteiger partial charge in [0.25, 0.3) is 11.2 Å². The number of nitrogens with zero attached hydrogens (tertiary/aromatic N) is 2.